The fraction of sp³-hybridized carbons (Fsp3) is 0.476. The van der Waals surface area contributed by atoms with Crippen molar-refractivity contribution in [3.05, 3.63) is 46.2 Å². The number of hydrogen-bond donors (Lipinski definition) is 1. The van der Waals surface area contributed by atoms with Gasteiger partial charge in [-0.05, 0) is 65.5 Å². The van der Waals surface area contributed by atoms with Gasteiger partial charge in [0.15, 0.2) is 11.5 Å². The van der Waals surface area contributed by atoms with Crippen molar-refractivity contribution in [1.82, 2.24) is 10.2 Å². The van der Waals surface area contributed by atoms with Gasteiger partial charge in [-0.15, -0.1) is 12.4 Å². The summed E-state index contributed by atoms with van der Waals surface area (Å²) in [4.78, 5) is 15.1. The number of ether oxygens (including phenoxy) is 2. The molecule has 154 valence electrons. The zero-order chi connectivity index (χ0) is 19.2. The third-order valence-electron chi connectivity index (χ3n) is 5.29. The van der Waals surface area contributed by atoms with E-state index in [0.717, 1.165) is 36.6 Å². The summed E-state index contributed by atoms with van der Waals surface area (Å²) in [6.45, 7) is 5.30. The first-order chi connectivity index (χ1) is 13.1. The topological polar surface area (TPSA) is 50.8 Å². The number of methoxy groups -OCH3 is 2. The van der Waals surface area contributed by atoms with Gasteiger partial charge >= 0.3 is 0 Å². The molecule has 1 aliphatic rings. The van der Waals surface area contributed by atoms with Gasteiger partial charge in [-0.1, -0.05) is 13.0 Å². The van der Waals surface area contributed by atoms with E-state index in [1.807, 2.05) is 23.1 Å². The van der Waals surface area contributed by atoms with Crippen molar-refractivity contribution in [3.8, 4) is 11.5 Å². The van der Waals surface area contributed by atoms with Crippen LogP contribution in [0.4, 0.5) is 0 Å². The van der Waals surface area contributed by atoms with Gasteiger partial charge in [-0.25, -0.2) is 0 Å². The van der Waals surface area contributed by atoms with Crippen LogP contribution in [-0.4, -0.2) is 44.7 Å². The van der Waals surface area contributed by atoms with Crippen LogP contribution in [0.15, 0.2) is 35.0 Å². The Bertz CT molecular complexity index is 750. The Kier molecular flexibility index (Phi) is 8.60. The molecule has 1 fully saturated rings. The van der Waals surface area contributed by atoms with Crippen LogP contribution in [0, 0.1) is 11.8 Å². The molecule has 1 aromatic carbocycles. The lowest BCUT2D eigenvalue weighted by molar-refractivity contribution is -0.138. The van der Waals surface area contributed by atoms with E-state index in [0.29, 0.717) is 19.0 Å². The molecule has 1 saturated heterocycles. The fourth-order valence-corrected chi connectivity index (χ4v) is 3.98. The highest BCUT2D eigenvalue weighted by Crippen LogP contribution is 2.28. The highest BCUT2D eigenvalue weighted by Gasteiger charge is 2.31. The van der Waals surface area contributed by atoms with E-state index in [1.165, 1.54) is 5.56 Å². The minimum absolute atomic E-state index is 0. The van der Waals surface area contributed by atoms with E-state index in [2.05, 4.69) is 29.1 Å². The molecule has 0 radical (unpaired) electrons. The molecule has 5 nitrogen and oxygen atoms in total. The average molecular weight is 425 g/mol. The molecular weight excluding hydrogens is 396 g/mol. The summed E-state index contributed by atoms with van der Waals surface area (Å²) >= 11 is 1.67. The molecule has 0 saturated carbocycles. The summed E-state index contributed by atoms with van der Waals surface area (Å²) in [5.41, 5.74) is 2.33. The Balaban J connectivity index is 0.00000280. The minimum Gasteiger partial charge on any atom is -0.493 e. The van der Waals surface area contributed by atoms with Crippen LogP contribution in [0.3, 0.4) is 0 Å². The highest BCUT2D eigenvalue weighted by atomic mass is 35.5. The molecule has 3 rings (SSSR count). The molecule has 1 atom stereocenters. The van der Waals surface area contributed by atoms with E-state index in [1.54, 1.807) is 25.6 Å². The maximum Gasteiger partial charge on any atom is 0.226 e. The number of halogens is 1. The lowest BCUT2D eigenvalue weighted by atomic mass is 9.87. The van der Waals surface area contributed by atoms with E-state index in [4.69, 9.17) is 9.47 Å². The van der Waals surface area contributed by atoms with Crippen molar-refractivity contribution >= 4 is 29.7 Å². The van der Waals surface area contributed by atoms with E-state index >= 15 is 0 Å². The van der Waals surface area contributed by atoms with Crippen molar-refractivity contribution in [3.63, 3.8) is 0 Å². The largest absolute Gasteiger partial charge is 0.493 e. The van der Waals surface area contributed by atoms with E-state index < -0.39 is 0 Å². The lowest BCUT2D eigenvalue weighted by Crippen LogP contribution is -2.50. The van der Waals surface area contributed by atoms with Crippen molar-refractivity contribution < 1.29 is 14.3 Å². The van der Waals surface area contributed by atoms with Crippen molar-refractivity contribution in [2.75, 3.05) is 33.9 Å². The molecule has 0 aliphatic carbocycles. The van der Waals surface area contributed by atoms with Gasteiger partial charge in [0, 0.05) is 19.0 Å². The van der Waals surface area contributed by atoms with Crippen molar-refractivity contribution in [2.24, 2.45) is 11.8 Å². The molecule has 2 aromatic rings. The molecule has 7 heteroatoms. The Morgan fingerprint density at radius 1 is 1.21 bits per heavy atom. The van der Waals surface area contributed by atoms with Crippen LogP contribution in [0.5, 0.6) is 11.5 Å². The average Bonchev–Trinajstić information content (AvgIpc) is 3.15. The number of thiophene rings is 1. The fourth-order valence-electron chi connectivity index (χ4n) is 3.32. The second-order valence-electron chi connectivity index (χ2n) is 7.04. The molecular formula is C21H29ClN2O3S. The molecule has 0 spiro atoms. The molecule has 2 heterocycles. The van der Waals surface area contributed by atoms with Gasteiger partial charge in [0.1, 0.15) is 0 Å². The van der Waals surface area contributed by atoms with Crippen molar-refractivity contribution in [1.29, 1.82) is 0 Å². The summed E-state index contributed by atoms with van der Waals surface area (Å²) in [6, 6.07) is 8.04. The third kappa shape index (κ3) is 5.40. The number of benzene rings is 1. The summed E-state index contributed by atoms with van der Waals surface area (Å²) in [5, 5.41) is 7.45. The molecule has 1 aromatic heterocycles. The van der Waals surface area contributed by atoms with Crippen LogP contribution >= 0.6 is 23.7 Å². The zero-order valence-electron chi connectivity index (χ0n) is 16.6. The first-order valence-electron chi connectivity index (χ1n) is 9.34. The maximum absolute atomic E-state index is 13.1. The molecule has 1 amide bonds. The van der Waals surface area contributed by atoms with Gasteiger partial charge in [0.05, 0.1) is 14.2 Å². The Morgan fingerprint density at radius 3 is 2.54 bits per heavy atom. The number of carbonyl (C=O) groups is 1. The molecule has 0 bridgehead atoms. The summed E-state index contributed by atoms with van der Waals surface area (Å²) in [7, 11) is 3.28. The van der Waals surface area contributed by atoms with Crippen LogP contribution < -0.4 is 14.8 Å². The van der Waals surface area contributed by atoms with Crippen LogP contribution in [0.25, 0.3) is 0 Å². The molecule has 1 N–H and O–H groups in total. The molecule has 28 heavy (non-hydrogen) atoms. The normalized spacial score (nSPS) is 14.5. The number of hydrogen-bond acceptors (Lipinski definition) is 5. The van der Waals surface area contributed by atoms with Crippen LogP contribution in [0.1, 0.15) is 18.1 Å². The number of carbonyl (C=O) groups excluding carboxylic acids is 1. The second-order valence-corrected chi connectivity index (χ2v) is 7.82. The Morgan fingerprint density at radius 2 is 1.96 bits per heavy atom. The zero-order valence-corrected chi connectivity index (χ0v) is 18.3. The molecule has 1 unspecified atom stereocenters. The number of amides is 1. The van der Waals surface area contributed by atoms with Crippen LogP contribution in [0.2, 0.25) is 0 Å². The van der Waals surface area contributed by atoms with Gasteiger partial charge in [0.25, 0.3) is 0 Å². The smallest absolute Gasteiger partial charge is 0.226 e. The van der Waals surface area contributed by atoms with Gasteiger partial charge in [-0.2, -0.15) is 11.3 Å². The summed E-state index contributed by atoms with van der Waals surface area (Å²) < 4.78 is 10.7. The Hall–Kier alpha value is -1.76. The maximum atomic E-state index is 13.1. The minimum atomic E-state index is 0. The van der Waals surface area contributed by atoms with E-state index in [-0.39, 0.29) is 24.2 Å². The monoisotopic (exact) mass is 424 g/mol. The third-order valence-corrected chi connectivity index (χ3v) is 6.03. The van der Waals surface area contributed by atoms with E-state index in [9.17, 15) is 4.79 Å². The SMILES string of the molecule is COc1ccc(CCN(Cc2ccsc2)C(=O)C(C)C2CNC2)cc1OC.Cl. The number of rotatable bonds is 9. The predicted molar refractivity (Wildman–Crippen MR) is 116 cm³/mol. The predicted octanol–water partition coefficient (Wildman–Crippen LogP) is 3.61. The first kappa shape index (κ1) is 22.5. The van der Waals surface area contributed by atoms with Crippen LogP contribution in [-0.2, 0) is 17.8 Å². The lowest BCUT2D eigenvalue weighted by Gasteiger charge is -2.35. The second kappa shape index (κ2) is 10.7. The number of nitrogens with zero attached hydrogens (tertiary/aromatic N) is 1. The first-order valence-corrected chi connectivity index (χ1v) is 10.3. The molecule has 1 aliphatic heterocycles. The number of nitrogens with one attached hydrogen (secondary N) is 1. The summed E-state index contributed by atoms with van der Waals surface area (Å²) in [6.07, 6.45) is 0.784. The Labute approximate surface area is 177 Å². The van der Waals surface area contributed by atoms with Gasteiger partial charge in [0.2, 0.25) is 5.91 Å². The van der Waals surface area contributed by atoms with Crippen molar-refractivity contribution in [2.45, 2.75) is 19.9 Å². The quantitative estimate of drug-likeness (QED) is 0.668. The van der Waals surface area contributed by atoms with Gasteiger partial charge in [-0.3, -0.25) is 4.79 Å². The van der Waals surface area contributed by atoms with Gasteiger partial charge < -0.3 is 19.7 Å². The summed E-state index contributed by atoms with van der Waals surface area (Å²) in [5.74, 6) is 2.19. The highest BCUT2D eigenvalue weighted by molar-refractivity contribution is 7.07. The standard InChI is InChI=1S/C21H28N2O3S.ClH/c1-15(18-11-22-12-18)21(24)23(13-17-7-9-27-14-17)8-6-16-4-5-19(25-2)20(10-16)26-3;/h4-5,7,9-10,14-15,18,22H,6,8,11-13H2,1-3H3;1H.